The Morgan fingerprint density at radius 2 is 2.50 bits per heavy atom. The van der Waals surface area contributed by atoms with Gasteiger partial charge in [0.15, 0.2) is 0 Å². The molecular formula is C9H13NO2. The summed E-state index contributed by atoms with van der Waals surface area (Å²) in [4.78, 5) is 10.9. The maximum absolute atomic E-state index is 10.9. The van der Waals surface area contributed by atoms with Gasteiger partial charge in [-0.3, -0.25) is 0 Å². The van der Waals surface area contributed by atoms with E-state index in [1.165, 1.54) is 5.57 Å². The predicted molar refractivity (Wildman–Crippen MR) is 44.8 cm³/mol. The third-order valence-corrected chi connectivity index (χ3v) is 2.47. The molecule has 1 fully saturated rings. The number of carbonyl (C=O) groups is 1. The smallest absolute Gasteiger partial charge is 0.408 e. The highest BCUT2D eigenvalue weighted by molar-refractivity contribution is 5.70. The Bertz CT molecular complexity index is 235. The molecule has 1 saturated heterocycles. The van der Waals surface area contributed by atoms with Crippen LogP contribution in [0.4, 0.5) is 4.79 Å². The standard InChI is InChI=1S/C9H13NO2/c1-6-3-2-4-8-7(5-6)10-9(11)12-8/h5,7-8H,2-4H2,1H3,(H,10,11). The fraction of sp³-hybridized carbons (Fsp3) is 0.667. The van der Waals surface area contributed by atoms with Gasteiger partial charge in [-0.25, -0.2) is 4.79 Å². The molecule has 2 atom stereocenters. The van der Waals surface area contributed by atoms with Crippen molar-refractivity contribution in [2.24, 2.45) is 0 Å². The average Bonchev–Trinajstić information content (AvgIpc) is 2.23. The fourth-order valence-electron chi connectivity index (χ4n) is 1.83. The monoisotopic (exact) mass is 167 g/mol. The summed E-state index contributed by atoms with van der Waals surface area (Å²) >= 11 is 0. The van der Waals surface area contributed by atoms with Crippen LogP contribution in [-0.4, -0.2) is 18.2 Å². The van der Waals surface area contributed by atoms with Crippen LogP contribution in [0, 0.1) is 0 Å². The van der Waals surface area contributed by atoms with Gasteiger partial charge < -0.3 is 10.1 Å². The number of rotatable bonds is 0. The summed E-state index contributed by atoms with van der Waals surface area (Å²) in [5.41, 5.74) is 1.35. The lowest BCUT2D eigenvalue weighted by Crippen LogP contribution is -2.28. The first-order chi connectivity index (χ1) is 5.75. The third-order valence-electron chi connectivity index (χ3n) is 2.47. The van der Waals surface area contributed by atoms with Crippen LogP contribution in [0.5, 0.6) is 0 Å². The second-order valence-corrected chi connectivity index (χ2v) is 3.52. The quantitative estimate of drug-likeness (QED) is 0.556. The molecule has 0 saturated carbocycles. The molecule has 0 bridgehead atoms. The van der Waals surface area contributed by atoms with Gasteiger partial charge in [0.05, 0.1) is 6.04 Å². The third kappa shape index (κ3) is 1.31. The second-order valence-electron chi connectivity index (χ2n) is 3.52. The summed E-state index contributed by atoms with van der Waals surface area (Å²) in [5, 5.41) is 2.79. The lowest BCUT2D eigenvalue weighted by Gasteiger charge is -2.09. The Labute approximate surface area is 71.8 Å². The Kier molecular flexibility index (Phi) is 1.79. The van der Waals surface area contributed by atoms with Crippen molar-refractivity contribution in [2.75, 3.05) is 0 Å². The topological polar surface area (TPSA) is 38.3 Å². The van der Waals surface area contributed by atoms with E-state index in [2.05, 4.69) is 18.3 Å². The summed E-state index contributed by atoms with van der Waals surface area (Å²) in [6.45, 7) is 2.10. The number of ether oxygens (including phenoxy) is 1. The fourth-order valence-corrected chi connectivity index (χ4v) is 1.83. The van der Waals surface area contributed by atoms with Crippen molar-refractivity contribution in [3.63, 3.8) is 0 Å². The number of nitrogens with one attached hydrogen (secondary N) is 1. The Morgan fingerprint density at radius 3 is 3.33 bits per heavy atom. The summed E-state index contributed by atoms with van der Waals surface area (Å²) in [6.07, 6.45) is 5.16. The van der Waals surface area contributed by atoms with E-state index < -0.39 is 0 Å². The van der Waals surface area contributed by atoms with Gasteiger partial charge in [0.2, 0.25) is 0 Å². The van der Waals surface area contributed by atoms with Crippen LogP contribution >= 0.6 is 0 Å². The van der Waals surface area contributed by atoms with Gasteiger partial charge >= 0.3 is 6.09 Å². The largest absolute Gasteiger partial charge is 0.444 e. The Balaban J connectivity index is 2.16. The molecule has 0 radical (unpaired) electrons. The summed E-state index contributed by atoms with van der Waals surface area (Å²) in [5.74, 6) is 0. The van der Waals surface area contributed by atoms with Crippen LogP contribution in [0.1, 0.15) is 26.2 Å². The van der Waals surface area contributed by atoms with Crippen molar-refractivity contribution in [3.8, 4) is 0 Å². The maximum atomic E-state index is 10.9. The molecule has 3 heteroatoms. The first kappa shape index (κ1) is 7.65. The van der Waals surface area contributed by atoms with E-state index in [1.807, 2.05) is 0 Å². The van der Waals surface area contributed by atoms with Crippen LogP contribution in [-0.2, 0) is 4.74 Å². The lowest BCUT2D eigenvalue weighted by molar-refractivity contribution is 0.130. The molecule has 3 nitrogen and oxygen atoms in total. The molecule has 1 heterocycles. The van der Waals surface area contributed by atoms with Crippen molar-refractivity contribution in [2.45, 2.75) is 38.3 Å². The highest BCUT2D eigenvalue weighted by atomic mass is 16.6. The van der Waals surface area contributed by atoms with Crippen molar-refractivity contribution in [1.29, 1.82) is 0 Å². The summed E-state index contributed by atoms with van der Waals surface area (Å²) < 4.78 is 5.10. The van der Waals surface area contributed by atoms with Crippen LogP contribution in [0.15, 0.2) is 11.6 Å². The lowest BCUT2D eigenvalue weighted by atomic mass is 10.1. The minimum absolute atomic E-state index is 0.0787. The zero-order valence-corrected chi connectivity index (χ0v) is 7.17. The molecule has 12 heavy (non-hydrogen) atoms. The molecule has 0 spiro atoms. The molecular weight excluding hydrogens is 154 g/mol. The highest BCUT2D eigenvalue weighted by Crippen LogP contribution is 2.23. The minimum Gasteiger partial charge on any atom is -0.444 e. The van der Waals surface area contributed by atoms with Crippen LogP contribution in [0.2, 0.25) is 0 Å². The first-order valence-electron chi connectivity index (χ1n) is 4.40. The van der Waals surface area contributed by atoms with Crippen LogP contribution < -0.4 is 5.32 Å². The Hall–Kier alpha value is -0.990. The van der Waals surface area contributed by atoms with Gasteiger partial charge in [0.25, 0.3) is 0 Å². The average molecular weight is 167 g/mol. The molecule has 0 aromatic rings. The molecule has 2 rings (SSSR count). The number of fused-ring (bicyclic) bond motifs is 1. The molecule has 0 aromatic heterocycles. The maximum Gasteiger partial charge on any atom is 0.408 e. The number of hydrogen-bond acceptors (Lipinski definition) is 2. The molecule has 1 aliphatic carbocycles. The molecule has 2 unspecified atom stereocenters. The van der Waals surface area contributed by atoms with Crippen molar-refractivity contribution in [3.05, 3.63) is 11.6 Å². The number of carbonyl (C=O) groups excluding carboxylic acids is 1. The van der Waals surface area contributed by atoms with E-state index >= 15 is 0 Å². The van der Waals surface area contributed by atoms with E-state index in [9.17, 15) is 4.79 Å². The Morgan fingerprint density at radius 1 is 1.67 bits per heavy atom. The number of hydrogen-bond donors (Lipinski definition) is 1. The van der Waals surface area contributed by atoms with Crippen molar-refractivity contribution >= 4 is 6.09 Å². The second kappa shape index (κ2) is 2.81. The van der Waals surface area contributed by atoms with Crippen LogP contribution in [0.3, 0.4) is 0 Å². The molecule has 1 amide bonds. The zero-order chi connectivity index (χ0) is 8.55. The predicted octanol–water partition coefficient (Wildman–Crippen LogP) is 1.59. The molecule has 0 aromatic carbocycles. The molecule has 66 valence electrons. The highest BCUT2D eigenvalue weighted by Gasteiger charge is 2.33. The summed E-state index contributed by atoms with van der Waals surface area (Å²) in [7, 11) is 0. The van der Waals surface area contributed by atoms with E-state index in [-0.39, 0.29) is 18.2 Å². The van der Waals surface area contributed by atoms with Gasteiger partial charge in [0.1, 0.15) is 6.10 Å². The number of allylic oxidation sites excluding steroid dienone is 1. The normalized spacial score (nSPS) is 34.4. The number of amides is 1. The minimum atomic E-state index is -0.268. The van der Waals surface area contributed by atoms with E-state index in [1.54, 1.807) is 0 Å². The van der Waals surface area contributed by atoms with Gasteiger partial charge in [0, 0.05) is 0 Å². The van der Waals surface area contributed by atoms with Crippen LogP contribution in [0.25, 0.3) is 0 Å². The van der Waals surface area contributed by atoms with Gasteiger partial charge in [-0.1, -0.05) is 11.6 Å². The van der Waals surface area contributed by atoms with E-state index in [4.69, 9.17) is 4.74 Å². The number of alkyl carbamates (subject to hydrolysis) is 1. The van der Waals surface area contributed by atoms with Gasteiger partial charge in [-0.2, -0.15) is 0 Å². The van der Waals surface area contributed by atoms with Crippen molar-refractivity contribution in [1.82, 2.24) is 5.32 Å². The zero-order valence-electron chi connectivity index (χ0n) is 7.17. The van der Waals surface area contributed by atoms with E-state index in [0.29, 0.717) is 0 Å². The summed E-state index contributed by atoms with van der Waals surface area (Å²) in [6, 6.07) is 0.125. The van der Waals surface area contributed by atoms with Gasteiger partial charge in [-0.05, 0) is 26.2 Å². The molecule has 1 aliphatic heterocycles. The SMILES string of the molecule is CC1=CC2NC(=O)OC2CCC1. The first-order valence-corrected chi connectivity index (χ1v) is 4.40. The van der Waals surface area contributed by atoms with E-state index in [0.717, 1.165) is 19.3 Å². The van der Waals surface area contributed by atoms with Gasteiger partial charge in [-0.15, -0.1) is 0 Å². The van der Waals surface area contributed by atoms with Crippen molar-refractivity contribution < 1.29 is 9.53 Å². The molecule has 1 N–H and O–H groups in total. The molecule has 2 aliphatic rings.